The maximum absolute atomic E-state index is 12.7. The predicted molar refractivity (Wildman–Crippen MR) is 111 cm³/mol. The molecule has 1 aliphatic rings. The number of carbonyl (C=O) groups is 2. The number of hydrogen-bond acceptors (Lipinski definition) is 5. The third-order valence-electron chi connectivity index (χ3n) is 4.50. The summed E-state index contributed by atoms with van der Waals surface area (Å²) in [4.78, 5) is 26.7. The number of amides is 2. The second-order valence-corrected chi connectivity index (χ2v) is 6.85. The number of anilines is 2. The quantitative estimate of drug-likeness (QED) is 0.755. The lowest BCUT2D eigenvalue weighted by molar-refractivity contribution is -0.125. The van der Waals surface area contributed by atoms with Crippen LogP contribution in [0.5, 0.6) is 17.2 Å². The molecule has 0 bridgehead atoms. The lowest BCUT2D eigenvalue weighted by Gasteiger charge is -2.33. The molecule has 2 aromatic rings. The Morgan fingerprint density at radius 3 is 2.55 bits per heavy atom. The smallest absolute Gasteiger partial charge is 0.268 e. The highest BCUT2D eigenvalue weighted by atomic mass is 16.5. The molecular weight excluding hydrogens is 372 g/mol. The van der Waals surface area contributed by atoms with Gasteiger partial charge in [-0.1, -0.05) is 12.2 Å². The number of carbonyl (C=O) groups excluding carboxylic acids is 2. The van der Waals surface area contributed by atoms with E-state index in [4.69, 9.17) is 14.2 Å². The molecule has 1 N–H and O–H groups in total. The minimum Gasteiger partial charge on any atom is -0.493 e. The molecule has 0 fully saturated rings. The average molecular weight is 396 g/mol. The van der Waals surface area contributed by atoms with Gasteiger partial charge in [-0.3, -0.25) is 9.59 Å². The topological polar surface area (TPSA) is 77.1 Å². The van der Waals surface area contributed by atoms with Crippen molar-refractivity contribution in [1.82, 2.24) is 0 Å². The molecule has 0 aromatic heterocycles. The van der Waals surface area contributed by atoms with Crippen molar-refractivity contribution in [3.63, 3.8) is 0 Å². The largest absolute Gasteiger partial charge is 0.493 e. The number of ether oxygens (including phenoxy) is 3. The zero-order valence-electron chi connectivity index (χ0n) is 16.9. The van der Waals surface area contributed by atoms with Crippen molar-refractivity contribution in [3.05, 3.63) is 54.1 Å². The first-order valence-electron chi connectivity index (χ1n) is 9.14. The van der Waals surface area contributed by atoms with Crippen LogP contribution in [0.4, 0.5) is 11.4 Å². The molecule has 2 aromatic carbocycles. The number of benzene rings is 2. The Morgan fingerprint density at radius 1 is 1.17 bits per heavy atom. The number of nitrogens with zero attached hydrogens (tertiary/aromatic N) is 1. The van der Waals surface area contributed by atoms with Crippen LogP contribution >= 0.6 is 0 Å². The molecule has 3 rings (SSSR count). The van der Waals surface area contributed by atoms with Gasteiger partial charge in [-0.15, -0.1) is 0 Å². The summed E-state index contributed by atoms with van der Waals surface area (Å²) in [5.74, 6) is 1.12. The Kier molecular flexibility index (Phi) is 5.77. The third-order valence-corrected chi connectivity index (χ3v) is 4.50. The van der Waals surface area contributed by atoms with Crippen LogP contribution in [-0.2, 0) is 4.79 Å². The van der Waals surface area contributed by atoms with Crippen LogP contribution < -0.4 is 24.4 Å². The van der Waals surface area contributed by atoms with E-state index in [1.807, 2.05) is 6.92 Å². The van der Waals surface area contributed by atoms with Gasteiger partial charge in [0.25, 0.3) is 11.8 Å². The van der Waals surface area contributed by atoms with Crippen LogP contribution in [0.25, 0.3) is 0 Å². The van der Waals surface area contributed by atoms with Gasteiger partial charge >= 0.3 is 0 Å². The van der Waals surface area contributed by atoms with Gasteiger partial charge in [0.15, 0.2) is 17.6 Å². The number of hydrogen-bond donors (Lipinski definition) is 1. The van der Waals surface area contributed by atoms with E-state index >= 15 is 0 Å². The zero-order chi connectivity index (χ0) is 21.1. The predicted octanol–water partition coefficient (Wildman–Crippen LogP) is 3.65. The van der Waals surface area contributed by atoms with Crippen LogP contribution in [-0.4, -0.2) is 38.7 Å². The first kappa shape index (κ1) is 20.3. The summed E-state index contributed by atoms with van der Waals surface area (Å²) in [6.07, 6.45) is -0.612. The van der Waals surface area contributed by atoms with Crippen molar-refractivity contribution >= 4 is 23.2 Å². The van der Waals surface area contributed by atoms with Gasteiger partial charge in [0.05, 0.1) is 19.9 Å². The molecule has 29 heavy (non-hydrogen) atoms. The van der Waals surface area contributed by atoms with Crippen LogP contribution in [0.15, 0.2) is 48.6 Å². The van der Waals surface area contributed by atoms with Crippen LogP contribution in [0.2, 0.25) is 0 Å². The van der Waals surface area contributed by atoms with Gasteiger partial charge in [0.2, 0.25) is 0 Å². The van der Waals surface area contributed by atoms with Crippen molar-refractivity contribution in [2.75, 3.05) is 31.0 Å². The molecule has 7 heteroatoms. The first-order valence-corrected chi connectivity index (χ1v) is 9.14. The highest BCUT2D eigenvalue weighted by Crippen LogP contribution is 2.37. The van der Waals surface area contributed by atoms with E-state index in [1.165, 1.54) is 14.2 Å². The molecule has 152 valence electrons. The van der Waals surface area contributed by atoms with E-state index in [1.54, 1.807) is 48.2 Å². The van der Waals surface area contributed by atoms with Crippen LogP contribution in [0.3, 0.4) is 0 Å². The van der Waals surface area contributed by atoms with E-state index < -0.39 is 6.10 Å². The Morgan fingerprint density at radius 2 is 1.90 bits per heavy atom. The molecule has 1 unspecified atom stereocenters. The Bertz CT molecular complexity index is 970. The summed E-state index contributed by atoms with van der Waals surface area (Å²) in [7, 11) is 3.05. The summed E-state index contributed by atoms with van der Waals surface area (Å²) >= 11 is 0. The van der Waals surface area contributed by atoms with Gasteiger partial charge < -0.3 is 24.4 Å². The minimum atomic E-state index is -0.612. The zero-order valence-corrected chi connectivity index (χ0v) is 16.9. The summed E-state index contributed by atoms with van der Waals surface area (Å²) in [6.45, 7) is 7.87. The summed E-state index contributed by atoms with van der Waals surface area (Å²) in [5, 5.41) is 2.84. The Labute approximate surface area is 169 Å². The monoisotopic (exact) mass is 396 g/mol. The number of methoxy groups -OCH3 is 2. The first-order chi connectivity index (χ1) is 13.8. The minimum absolute atomic E-state index is 0.123. The molecule has 0 radical (unpaired) electrons. The lowest BCUT2D eigenvalue weighted by Crippen LogP contribution is -2.45. The Balaban J connectivity index is 1.85. The molecule has 1 atom stereocenters. The van der Waals surface area contributed by atoms with Crippen molar-refractivity contribution in [2.45, 2.75) is 20.0 Å². The van der Waals surface area contributed by atoms with Crippen LogP contribution in [0.1, 0.15) is 24.2 Å². The fraction of sp³-hybridized carbons (Fsp3) is 0.273. The Hall–Kier alpha value is -3.48. The fourth-order valence-corrected chi connectivity index (χ4v) is 3.10. The second kappa shape index (κ2) is 8.26. The van der Waals surface area contributed by atoms with Crippen molar-refractivity contribution < 1.29 is 23.8 Å². The highest BCUT2D eigenvalue weighted by molar-refractivity contribution is 6.05. The van der Waals surface area contributed by atoms with E-state index in [9.17, 15) is 9.59 Å². The van der Waals surface area contributed by atoms with Gasteiger partial charge in [0, 0.05) is 23.9 Å². The normalized spacial score (nSPS) is 15.2. The van der Waals surface area contributed by atoms with E-state index in [-0.39, 0.29) is 11.8 Å². The molecule has 2 amide bonds. The second-order valence-electron chi connectivity index (χ2n) is 6.85. The molecular formula is C22H24N2O5. The number of fused-ring (bicyclic) bond motifs is 1. The highest BCUT2D eigenvalue weighted by Gasteiger charge is 2.31. The summed E-state index contributed by atoms with van der Waals surface area (Å²) < 4.78 is 16.2. The summed E-state index contributed by atoms with van der Waals surface area (Å²) in [5.41, 5.74) is 2.50. The van der Waals surface area contributed by atoms with E-state index in [2.05, 4.69) is 11.9 Å². The standard InChI is InChI=1S/C22H24N2O5/c1-13(2)12-24-17-8-7-16(11-19(17)29-14(3)22(24)26)23-21(25)15-6-9-18(27-4)20(10-15)28-5/h6-11,14H,1,12H2,2-5H3,(H,23,25). The molecule has 0 aliphatic carbocycles. The molecule has 1 aliphatic heterocycles. The number of nitrogens with one attached hydrogen (secondary N) is 1. The molecule has 1 heterocycles. The van der Waals surface area contributed by atoms with Crippen molar-refractivity contribution in [2.24, 2.45) is 0 Å². The van der Waals surface area contributed by atoms with E-state index in [0.29, 0.717) is 40.7 Å². The van der Waals surface area contributed by atoms with Gasteiger partial charge in [-0.25, -0.2) is 0 Å². The van der Waals surface area contributed by atoms with Gasteiger partial charge in [-0.2, -0.15) is 0 Å². The van der Waals surface area contributed by atoms with Gasteiger partial charge in [-0.05, 0) is 44.2 Å². The van der Waals surface area contributed by atoms with E-state index in [0.717, 1.165) is 5.57 Å². The van der Waals surface area contributed by atoms with Crippen LogP contribution in [0, 0.1) is 0 Å². The van der Waals surface area contributed by atoms with Gasteiger partial charge in [0.1, 0.15) is 5.75 Å². The molecule has 0 saturated carbocycles. The summed E-state index contributed by atoms with van der Waals surface area (Å²) in [6, 6.07) is 10.1. The third kappa shape index (κ3) is 4.18. The molecule has 0 saturated heterocycles. The maximum atomic E-state index is 12.7. The van der Waals surface area contributed by atoms with Crippen molar-refractivity contribution in [3.8, 4) is 17.2 Å². The molecule has 7 nitrogen and oxygen atoms in total. The molecule has 0 spiro atoms. The lowest BCUT2D eigenvalue weighted by atomic mass is 10.1. The SMILES string of the molecule is C=C(C)CN1C(=O)C(C)Oc2cc(NC(=O)c3ccc(OC)c(OC)c3)ccc21. The van der Waals surface area contributed by atoms with Crippen molar-refractivity contribution in [1.29, 1.82) is 0 Å². The maximum Gasteiger partial charge on any atom is 0.268 e. The fourth-order valence-electron chi connectivity index (χ4n) is 3.10. The number of rotatable bonds is 6. The average Bonchev–Trinajstić information content (AvgIpc) is 2.70.